The molecule has 0 unspecified atom stereocenters. The second kappa shape index (κ2) is 9.71. The molecule has 2 aromatic rings. The predicted octanol–water partition coefficient (Wildman–Crippen LogP) is 3.66. The van der Waals surface area contributed by atoms with Crippen LogP contribution in [0.3, 0.4) is 0 Å². The summed E-state index contributed by atoms with van der Waals surface area (Å²) in [7, 11) is 0. The SMILES string of the molecule is CC.CCOC(=O)CCCc1nc(-c2ncc(C)cc2C)no1. The van der Waals surface area contributed by atoms with Gasteiger partial charge in [0, 0.05) is 19.0 Å². The number of carbonyl (C=O) groups is 1. The first kappa shape index (κ1) is 18.8. The number of pyridine rings is 1. The maximum atomic E-state index is 11.2. The lowest BCUT2D eigenvalue weighted by atomic mass is 10.1. The van der Waals surface area contributed by atoms with Gasteiger partial charge in [-0.05, 0) is 38.3 Å². The zero-order valence-electron chi connectivity index (χ0n) is 14.5. The molecule has 0 N–H and O–H groups in total. The van der Waals surface area contributed by atoms with Crippen molar-refractivity contribution in [2.75, 3.05) is 6.61 Å². The average Bonchev–Trinajstić information content (AvgIpc) is 2.98. The molecular formula is C17H25N3O3. The van der Waals surface area contributed by atoms with Gasteiger partial charge in [0.1, 0.15) is 5.69 Å². The van der Waals surface area contributed by atoms with Gasteiger partial charge in [0.05, 0.1) is 6.61 Å². The van der Waals surface area contributed by atoms with Gasteiger partial charge in [-0.2, -0.15) is 4.98 Å². The molecule has 2 aromatic heterocycles. The molecular weight excluding hydrogens is 294 g/mol. The summed E-state index contributed by atoms with van der Waals surface area (Å²) in [5.74, 6) is 0.794. The molecule has 0 bridgehead atoms. The first-order chi connectivity index (χ1) is 11.1. The number of aromatic nitrogens is 3. The van der Waals surface area contributed by atoms with Crippen LogP contribution in [-0.2, 0) is 16.0 Å². The first-order valence-corrected chi connectivity index (χ1v) is 8.02. The van der Waals surface area contributed by atoms with E-state index in [1.54, 1.807) is 13.1 Å². The lowest BCUT2D eigenvalue weighted by Gasteiger charge is -2.00. The topological polar surface area (TPSA) is 78.1 Å². The molecule has 2 heterocycles. The second-order valence-electron chi connectivity index (χ2n) is 4.85. The fourth-order valence-electron chi connectivity index (χ4n) is 2.02. The summed E-state index contributed by atoms with van der Waals surface area (Å²) in [6.45, 7) is 10.1. The van der Waals surface area contributed by atoms with Gasteiger partial charge in [0.15, 0.2) is 0 Å². The van der Waals surface area contributed by atoms with E-state index in [0.29, 0.717) is 37.6 Å². The molecule has 2 rings (SSSR count). The van der Waals surface area contributed by atoms with Crippen molar-refractivity contribution in [2.24, 2.45) is 0 Å². The van der Waals surface area contributed by atoms with Crippen molar-refractivity contribution in [3.05, 3.63) is 29.3 Å². The van der Waals surface area contributed by atoms with Crippen LogP contribution in [0.4, 0.5) is 0 Å². The zero-order valence-corrected chi connectivity index (χ0v) is 14.5. The zero-order chi connectivity index (χ0) is 17.2. The lowest BCUT2D eigenvalue weighted by Crippen LogP contribution is -2.04. The Morgan fingerprint density at radius 1 is 1.30 bits per heavy atom. The Morgan fingerprint density at radius 3 is 2.70 bits per heavy atom. The Balaban J connectivity index is 0.00000127. The van der Waals surface area contributed by atoms with Crippen molar-refractivity contribution in [3.8, 4) is 11.5 Å². The number of aryl methyl sites for hydroxylation is 3. The number of carbonyl (C=O) groups excluding carboxylic acids is 1. The molecule has 0 spiro atoms. The molecule has 0 aromatic carbocycles. The summed E-state index contributed by atoms with van der Waals surface area (Å²) < 4.78 is 10.1. The average molecular weight is 319 g/mol. The van der Waals surface area contributed by atoms with Gasteiger partial charge in [0.25, 0.3) is 0 Å². The van der Waals surface area contributed by atoms with Crippen LogP contribution in [0, 0.1) is 13.8 Å². The highest BCUT2D eigenvalue weighted by Gasteiger charge is 2.12. The van der Waals surface area contributed by atoms with Gasteiger partial charge in [-0.1, -0.05) is 25.1 Å². The molecule has 23 heavy (non-hydrogen) atoms. The molecule has 6 nitrogen and oxygen atoms in total. The fourth-order valence-corrected chi connectivity index (χ4v) is 2.02. The van der Waals surface area contributed by atoms with Crippen LogP contribution in [0.1, 0.15) is 50.6 Å². The summed E-state index contributed by atoms with van der Waals surface area (Å²) >= 11 is 0. The van der Waals surface area contributed by atoms with E-state index in [1.807, 2.05) is 33.8 Å². The molecule has 0 aliphatic rings. The Labute approximate surface area is 137 Å². The van der Waals surface area contributed by atoms with E-state index in [9.17, 15) is 4.79 Å². The molecule has 0 fully saturated rings. The monoisotopic (exact) mass is 319 g/mol. The second-order valence-corrected chi connectivity index (χ2v) is 4.85. The van der Waals surface area contributed by atoms with E-state index in [2.05, 4.69) is 15.1 Å². The van der Waals surface area contributed by atoms with Gasteiger partial charge >= 0.3 is 5.97 Å². The van der Waals surface area contributed by atoms with E-state index in [0.717, 1.165) is 16.8 Å². The smallest absolute Gasteiger partial charge is 0.305 e. The minimum atomic E-state index is -0.201. The molecule has 0 aliphatic heterocycles. The molecule has 0 atom stereocenters. The third-order valence-electron chi connectivity index (χ3n) is 2.97. The normalized spacial score (nSPS) is 9.96. The van der Waals surface area contributed by atoms with Crippen molar-refractivity contribution in [1.29, 1.82) is 0 Å². The first-order valence-electron chi connectivity index (χ1n) is 8.02. The molecule has 0 amide bonds. The van der Waals surface area contributed by atoms with E-state index >= 15 is 0 Å². The highest BCUT2D eigenvalue weighted by molar-refractivity contribution is 5.69. The summed E-state index contributed by atoms with van der Waals surface area (Å²) in [5.41, 5.74) is 2.82. The van der Waals surface area contributed by atoms with Gasteiger partial charge in [-0.15, -0.1) is 0 Å². The van der Waals surface area contributed by atoms with Gasteiger partial charge in [-0.25, -0.2) is 0 Å². The van der Waals surface area contributed by atoms with Crippen LogP contribution in [0.15, 0.2) is 16.8 Å². The minimum Gasteiger partial charge on any atom is -0.466 e. The van der Waals surface area contributed by atoms with Crippen molar-refractivity contribution < 1.29 is 14.1 Å². The van der Waals surface area contributed by atoms with Crippen molar-refractivity contribution in [3.63, 3.8) is 0 Å². The van der Waals surface area contributed by atoms with Crippen LogP contribution in [0.25, 0.3) is 11.5 Å². The Morgan fingerprint density at radius 2 is 2.04 bits per heavy atom. The Bertz CT molecular complexity index is 623. The quantitative estimate of drug-likeness (QED) is 0.756. The molecule has 0 radical (unpaired) electrons. The number of ether oxygens (including phenoxy) is 1. The minimum absolute atomic E-state index is 0.201. The largest absolute Gasteiger partial charge is 0.466 e. The fraction of sp³-hybridized carbons (Fsp3) is 0.529. The highest BCUT2D eigenvalue weighted by Crippen LogP contribution is 2.19. The number of esters is 1. The molecule has 6 heteroatoms. The predicted molar refractivity (Wildman–Crippen MR) is 87.9 cm³/mol. The molecule has 0 saturated heterocycles. The van der Waals surface area contributed by atoms with E-state index in [-0.39, 0.29) is 5.97 Å². The van der Waals surface area contributed by atoms with Crippen molar-refractivity contribution in [2.45, 2.75) is 53.9 Å². The standard InChI is InChI=1S/C15H19N3O3.C2H6/c1-4-20-13(19)7-5-6-12-17-15(18-21-12)14-11(3)8-10(2)9-16-14;1-2/h8-9H,4-7H2,1-3H3;1-2H3. The number of hydrogen-bond donors (Lipinski definition) is 0. The maximum absolute atomic E-state index is 11.2. The number of nitrogens with zero attached hydrogens (tertiary/aromatic N) is 3. The number of rotatable bonds is 6. The van der Waals surface area contributed by atoms with E-state index in [4.69, 9.17) is 9.26 Å². The highest BCUT2D eigenvalue weighted by atomic mass is 16.5. The van der Waals surface area contributed by atoms with Gasteiger partial charge in [0.2, 0.25) is 11.7 Å². The van der Waals surface area contributed by atoms with Crippen LogP contribution < -0.4 is 0 Å². The van der Waals surface area contributed by atoms with E-state index in [1.165, 1.54) is 0 Å². The van der Waals surface area contributed by atoms with Gasteiger partial charge in [-0.3, -0.25) is 9.78 Å². The van der Waals surface area contributed by atoms with E-state index < -0.39 is 0 Å². The number of hydrogen-bond acceptors (Lipinski definition) is 6. The molecule has 0 saturated carbocycles. The van der Waals surface area contributed by atoms with Crippen LogP contribution in [0.5, 0.6) is 0 Å². The molecule has 126 valence electrons. The summed E-state index contributed by atoms with van der Waals surface area (Å²) in [4.78, 5) is 19.9. The summed E-state index contributed by atoms with van der Waals surface area (Å²) in [6.07, 6.45) is 3.31. The van der Waals surface area contributed by atoms with Crippen LogP contribution >= 0.6 is 0 Å². The van der Waals surface area contributed by atoms with Crippen molar-refractivity contribution >= 4 is 5.97 Å². The van der Waals surface area contributed by atoms with Gasteiger partial charge < -0.3 is 9.26 Å². The van der Waals surface area contributed by atoms with Crippen molar-refractivity contribution in [1.82, 2.24) is 15.1 Å². The third-order valence-corrected chi connectivity index (χ3v) is 2.97. The third kappa shape index (κ3) is 5.81. The van der Waals surface area contributed by atoms with Crippen LogP contribution in [0.2, 0.25) is 0 Å². The summed E-state index contributed by atoms with van der Waals surface area (Å²) in [6, 6.07) is 2.03. The molecule has 0 aliphatic carbocycles. The summed E-state index contributed by atoms with van der Waals surface area (Å²) in [5, 5.41) is 3.95. The Kier molecular flexibility index (Phi) is 7.94. The maximum Gasteiger partial charge on any atom is 0.305 e. The lowest BCUT2D eigenvalue weighted by molar-refractivity contribution is -0.143. The Hall–Kier alpha value is -2.24. The van der Waals surface area contributed by atoms with Crippen LogP contribution in [-0.4, -0.2) is 27.7 Å².